The number of hydrogen-bond acceptors (Lipinski definition) is 8. The minimum absolute atomic E-state index is 0.0546. The topological polar surface area (TPSA) is 157 Å². The highest BCUT2D eigenvalue weighted by molar-refractivity contribution is 5.69. The molecule has 1 atom stereocenters. The zero-order valence-electron chi connectivity index (χ0n) is 18.8. The summed E-state index contributed by atoms with van der Waals surface area (Å²) in [7, 11) is 0. The van der Waals surface area contributed by atoms with E-state index in [1.807, 2.05) is 12.1 Å². The minimum atomic E-state index is -0.971. The van der Waals surface area contributed by atoms with Crippen molar-refractivity contribution < 1.29 is 34.4 Å². The monoisotopic (exact) mass is 466 g/mol. The first kappa shape index (κ1) is 26.5. The molecule has 0 radical (unpaired) electrons. The van der Waals surface area contributed by atoms with Crippen LogP contribution in [-0.2, 0) is 25.5 Å². The number of ether oxygens (including phenoxy) is 1. The summed E-state index contributed by atoms with van der Waals surface area (Å²) in [5.74, 6) is -2.93. The first-order valence-electron chi connectivity index (χ1n) is 11.0. The van der Waals surface area contributed by atoms with E-state index in [9.17, 15) is 29.7 Å². The van der Waals surface area contributed by atoms with Crippen LogP contribution in [0.5, 0.6) is 0 Å². The van der Waals surface area contributed by atoms with Crippen LogP contribution in [0.15, 0.2) is 24.3 Å². The molecule has 1 fully saturated rings. The molecule has 0 bridgehead atoms. The van der Waals surface area contributed by atoms with Crippen LogP contribution in [0.3, 0.4) is 0 Å². The lowest BCUT2D eigenvalue weighted by Gasteiger charge is -2.31. The van der Waals surface area contributed by atoms with Crippen molar-refractivity contribution in [3.05, 3.63) is 29.8 Å². The van der Waals surface area contributed by atoms with Crippen molar-refractivity contribution in [2.75, 3.05) is 77.9 Å². The maximum absolute atomic E-state index is 11.5. The Morgan fingerprint density at radius 3 is 1.79 bits per heavy atom. The van der Waals surface area contributed by atoms with Gasteiger partial charge in [-0.15, -0.1) is 0 Å². The number of nitrogens with two attached hydrogens (primary N) is 1. The average molecular weight is 467 g/mol. The standard InChI is InChI=1S/C22H34N4O7/c23-19-3-1-17(2-4-19)11-18-12-25(15-21(29)30)6-5-24(14-20(27)28)7-9-33-10-8-26(13-18)16-22(31)32/h1-4,18H,5-16,23H2,(H,27,28)(H,29,30)(H,31,32)/t18-/m0/s1. The van der Waals surface area contributed by atoms with Gasteiger partial charge in [-0.25, -0.2) is 0 Å². The van der Waals surface area contributed by atoms with Crippen LogP contribution in [-0.4, -0.2) is 120 Å². The Morgan fingerprint density at radius 1 is 0.788 bits per heavy atom. The number of nitrogens with zero attached hydrogens (tertiary/aromatic N) is 3. The number of carboxylic acid groups (broad SMARTS) is 3. The van der Waals surface area contributed by atoms with E-state index in [0.717, 1.165) is 5.56 Å². The summed E-state index contributed by atoms with van der Waals surface area (Å²) < 4.78 is 5.64. The first-order valence-corrected chi connectivity index (χ1v) is 11.0. The predicted molar refractivity (Wildman–Crippen MR) is 121 cm³/mol. The summed E-state index contributed by atoms with van der Waals surface area (Å²) in [4.78, 5) is 39.4. The maximum atomic E-state index is 11.5. The molecule has 33 heavy (non-hydrogen) atoms. The number of benzene rings is 1. The number of hydrogen-bond donors (Lipinski definition) is 4. The highest BCUT2D eigenvalue weighted by Gasteiger charge is 2.23. The lowest BCUT2D eigenvalue weighted by molar-refractivity contribution is -0.140. The van der Waals surface area contributed by atoms with Crippen molar-refractivity contribution in [3.8, 4) is 0 Å². The molecule has 1 aliphatic rings. The number of anilines is 1. The van der Waals surface area contributed by atoms with Crippen LogP contribution in [0, 0.1) is 5.92 Å². The second-order valence-electron chi connectivity index (χ2n) is 8.35. The molecular formula is C22H34N4O7. The Bertz CT molecular complexity index is 775. The van der Waals surface area contributed by atoms with Crippen LogP contribution in [0.1, 0.15) is 5.56 Å². The SMILES string of the molecule is Nc1ccc(C[C@@H]2CN(CC(=O)O)CCOCCN(CC(=O)O)CCN(CC(=O)O)C2)cc1. The fourth-order valence-electron chi connectivity index (χ4n) is 3.99. The van der Waals surface area contributed by atoms with E-state index >= 15 is 0 Å². The van der Waals surface area contributed by atoms with Gasteiger partial charge in [0.25, 0.3) is 0 Å². The second kappa shape index (κ2) is 13.7. The second-order valence-corrected chi connectivity index (χ2v) is 8.35. The predicted octanol–water partition coefficient (Wildman–Crippen LogP) is -0.382. The number of carboxylic acids is 3. The van der Waals surface area contributed by atoms with E-state index in [0.29, 0.717) is 64.6 Å². The van der Waals surface area contributed by atoms with E-state index in [2.05, 4.69) is 0 Å². The smallest absolute Gasteiger partial charge is 0.317 e. The normalized spacial score (nSPS) is 20.3. The van der Waals surface area contributed by atoms with E-state index in [1.165, 1.54) is 0 Å². The van der Waals surface area contributed by atoms with Crippen LogP contribution in [0.25, 0.3) is 0 Å². The molecule has 0 unspecified atom stereocenters. The molecule has 0 saturated carbocycles. The molecule has 184 valence electrons. The van der Waals surface area contributed by atoms with Gasteiger partial charge in [0.05, 0.1) is 32.8 Å². The van der Waals surface area contributed by atoms with E-state index in [-0.39, 0.29) is 25.6 Å². The molecule has 1 aromatic carbocycles. The Hall–Kier alpha value is -2.73. The van der Waals surface area contributed by atoms with Crippen LogP contribution < -0.4 is 5.73 Å². The number of rotatable bonds is 8. The fourth-order valence-corrected chi connectivity index (χ4v) is 3.99. The lowest BCUT2D eigenvalue weighted by Crippen LogP contribution is -2.44. The Kier molecular flexibility index (Phi) is 11.0. The van der Waals surface area contributed by atoms with Gasteiger partial charge in [0.2, 0.25) is 0 Å². The summed E-state index contributed by atoms with van der Waals surface area (Å²) in [6.45, 7) is 2.56. The molecule has 1 aromatic rings. The highest BCUT2D eigenvalue weighted by Crippen LogP contribution is 2.15. The summed E-state index contributed by atoms with van der Waals surface area (Å²) in [5.41, 5.74) is 7.45. The van der Waals surface area contributed by atoms with Gasteiger partial charge in [-0.2, -0.15) is 0 Å². The Labute approximate surface area is 193 Å². The van der Waals surface area contributed by atoms with Crippen molar-refractivity contribution in [1.82, 2.24) is 14.7 Å². The molecule has 11 nitrogen and oxygen atoms in total. The van der Waals surface area contributed by atoms with Gasteiger partial charge in [-0.1, -0.05) is 12.1 Å². The van der Waals surface area contributed by atoms with Gasteiger partial charge in [0, 0.05) is 45.0 Å². The highest BCUT2D eigenvalue weighted by atomic mass is 16.5. The Morgan fingerprint density at radius 2 is 1.24 bits per heavy atom. The first-order chi connectivity index (χ1) is 15.7. The molecule has 0 spiro atoms. The molecule has 0 aliphatic carbocycles. The van der Waals surface area contributed by atoms with Gasteiger partial charge in [0.15, 0.2) is 0 Å². The van der Waals surface area contributed by atoms with Gasteiger partial charge >= 0.3 is 17.9 Å². The molecule has 0 amide bonds. The zero-order chi connectivity index (χ0) is 24.2. The summed E-state index contributed by atoms with van der Waals surface area (Å²) in [6, 6.07) is 7.43. The third-order valence-corrected chi connectivity index (χ3v) is 5.45. The van der Waals surface area contributed by atoms with Gasteiger partial charge in [-0.05, 0) is 30.0 Å². The average Bonchev–Trinajstić information content (AvgIpc) is 2.72. The third kappa shape index (κ3) is 11.1. The summed E-state index contributed by atoms with van der Waals surface area (Å²) in [6.07, 6.45) is 0.617. The number of nitrogen functional groups attached to an aromatic ring is 1. The molecule has 1 saturated heterocycles. The third-order valence-electron chi connectivity index (χ3n) is 5.45. The maximum Gasteiger partial charge on any atom is 0.317 e. The molecular weight excluding hydrogens is 432 g/mol. The van der Waals surface area contributed by atoms with E-state index in [1.54, 1.807) is 26.8 Å². The van der Waals surface area contributed by atoms with Crippen molar-refractivity contribution in [1.29, 1.82) is 0 Å². The van der Waals surface area contributed by atoms with E-state index < -0.39 is 17.9 Å². The van der Waals surface area contributed by atoms with Crippen LogP contribution >= 0.6 is 0 Å². The van der Waals surface area contributed by atoms with E-state index in [4.69, 9.17) is 10.5 Å². The number of aliphatic carboxylic acids is 3. The minimum Gasteiger partial charge on any atom is -0.480 e. The quantitative estimate of drug-likeness (QED) is 0.370. The van der Waals surface area contributed by atoms with Crippen LogP contribution in [0.4, 0.5) is 5.69 Å². The van der Waals surface area contributed by atoms with Gasteiger partial charge in [-0.3, -0.25) is 29.1 Å². The molecule has 1 aliphatic heterocycles. The summed E-state index contributed by atoms with van der Waals surface area (Å²) >= 11 is 0. The largest absolute Gasteiger partial charge is 0.480 e. The molecule has 0 aromatic heterocycles. The van der Waals surface area contributed by atoms with Gasteiger partial charge < -0.3 is 25.8 Å². The van der Waals surface area contributed by atoms with Crippen molar-refractivity contribution in [3.63, 3.8) is 0 Å². The van der Waals surface area contributed by atoms with Crippen molar-refractivity contribution >= 4 is 23.6 Å². The lowest BCUT2D eigenvalue weighted by atomic mass is 9.97. The van der Waals surface area contributed by atoms with Crippen LogP contribution in [0.2, 0.25) is 0 Å². The van der Waals surface area contributed by atoms with Gasteiger partial charge in [0.1, 0.15) is 0 Å². The molecule has 5 N–H and O–H groups in total. The zero-order valence-corrected chi connectivity index (χ0v) is 18.8. The molecule has 1 heterocycles. The van der Waals surface area contributed by atoms with Crippen molar-refractivity contribution in [2.45, 2.75) is 6.42 Å². The molecule has 11 heteroatoms. The molecule has 2 rings (SSSR count). The number of carbonyl (C=O) groups is 3. The summed E-state index contributed by atoms with van der Waals surface area (Å²) in [5, 5.41) is 28.0. The fraction of sp³-hybridized carbons (Fsp3) is 0.591. The Balaban J connectivity index is 2.24. The van der Waals surface area contributed by atoms with Crippen molar-refractivity contribution in [2.24, 2.45) is 5.92 Å².